The number of hydrogen-bond donors (Lipinski definition) is 1. The minimum atomic E-state index is -0.268. The van der Waals surface area contributed by atoms with Gasteiger partial charge in [-0.25, -0.2) is 0 Å². The highest BCUT2D eigenvalue weighted by Gasteiger charge is 2.12. The Morgan fingerprint density at radius 1 is 1.10 bits per heavy atom. The van der Waals surface area contributed by atoms with Gasteiger partial charge in [-0.1, -0.05) is 17.7 Å². The van der Waals surface area contributed by atoms with E-state index in [9.17, 15) is 0 Å². The van der Waals surface area contributed by atoms with E-state index in [2.05, 4.69) is 4.98 Å². The molecule has 1 unspecified atom stereocenters. The van der Waals surface area contributed by atoms with Crippen molar-refractivity contribution in [3.8, 4) is 5.75 Å². The molecule has 2 N–H and O–H groups in total. The van der Waals surface area contributed by atoms with Crippen molar-refractivity contribution >= 4 is 11.6 Å². The Morgan fingerprint density at radius 3 is 2.50 bits per heavy atom. The van der Waals surface area contributed by atoms with E-state index >= 15 is 0 Å². The summed E-state index contributed by atoms with van der Waals surface area (Å²) in [5.41, 5.74) is 9.27. The summed E-state index contributed by atoms with van der Waals surface area (Å²) in [5, 5.41) is 0.693. The van der Waals surface area contributed by atoms with Gasteiger partial charge in [0, 0.05) is 11.2 Å². The molecule has 2 aromatic rings. The van der Waals surface area contributed by atoms with Crippen molar-refractivity contribution in [2.24, 2.45) is 5.73 Å². The third-order valence-electron chi connectivity index (χ3n) is 2.89. The monoisotopic (exact) mass is 290 g/mol. The maximum atomic E-state index is 6.30. The second-order valence-electron chi connectivity index (χ2n) is 5.16. The number of ether oxygens (including phenoxy) is 1. The van der Waals surface area contributed by atoms with Gasteiger partial charge in [0.15, 0.2) is 0 Å². The van der Waals surface area contributed by atoms with Gasteiger partial charge in [-0.2, -0.15) is 0 Å². The van der Waals surface area contributed by atoms with Crippen molar-refractivity contribution < 1.29 is 4.74 Å². The molecule has 1 aromatic carbocycles. The molecule has 0 amide bonds. The molecule has 0 spiro atoms. The van der Waals surface area contributed by atoms with Crippen LogP contribution >= 0.6 is 11.6 Å². The van der Waals surface area contributed by atoms with Crippen LogP contribution in [-0.2, 0) is 0 Å². The van der Waals surface area contributed by atoms with Gasteiger partial charge in [-0.05, 0) is 55.7 Å². The molecule has 0 bridgehead atoms. The summed E-state index contributed by atoms with van der Waals surface area (Å²) in [7, 11) is 0. The van der Waals surface area contributed by atoms with Crippen molar-refractivity contribution in [3.05, 3.63) is 58.4 Å². The van der Waals surface area contributed by atoms with Crippen LogP contribution in [0.4, 0.5) is 0 Å². The van der Waals surface area contributed by atoms with Gasteiger partial charge < -0.3 is 10.5 Å². The van der Waals surface area contributed by atoms with Gasteiger partial charge in [-0.15, -0.1) is 0 Å². The molecule has 1 heterocycles. The quantitative estimate of drug-likeness (QED) is 0.929. The van der Waals surface area contributed by atoms with E-state index < -0.39 is 0 Å². The van der Waals surface area contributed by atoms with E-state index in [0.29, 0.717) is 5.02 Å². The molecule has 0 saturated carbocycles. The van der Waals surface area contributed by atoms with Crippen LogP contribution in [0.15, 0.2) is 36.7 Å². The van der Waals surface area contributed by atoms with Crippen LogP contribution < -0.4 is 10.5 Å². The second-order valence-corrected chi connectivity index (χ2v) is 5.60. The van der Waals surface area contributed by atoms with Crippen LogP contribution in [0.5, 0.6) is 5.75 Å². The Morgan fingerprint density at radius 2 is 1.85 bits per heavy atom. The van der Waals surface area contributed by atoms with Crippen LogP contribution in [0.1, 0.15) is 36.6 Å². The van der Waals surface area contributed by atoms with Gasteiger partial charge in [0.05, 0.1) is 18.3 Å². The van der Waals surface area contributed by atoms with Gasteiger partial charge >= 0.3 is 0 Å². The van der Waals surface area contributed by atoms with Gasteiger partial charge in [0.2, 0.25) is 0 Å². The van der Waals surface area contributed by atoms with E-state index in [1.165, 1.54) is 0 Å². The second kappa shape index (κ2) is 6.25. The first-order chi connectivity index (χ1) is 9.45. The summed E-state index contributed by atoms with van der Waals surface area (Å²) in [6.07, 6.45) is 3.56. The third-order valence-corrected chi connectivity index (χ3v) is 3.11. The van der Waals surface area contributed by atoms with Crippen molar-refractivity contribution in [2.75, 3.05) is 0 Å². The van der Waals surface area contributed by atoms with E-state index in [1.54, 1.807) is 12.4 Å². The van der Waals surface area contributed by atoms with Crippen LogP contribution in [0, 0.1) is 6.92 Å². The molecule has 0 aliphatic rings. The first-order valence-electron chi connectivity index (χ1n) is 6.60. The smallest absolute Gasteiger partial charge is 0.138 e. The molecule has 0 radical (unpaired) electrons. The number of nitrogens with zero attached hydrogens (tertiary/aromatic N) is 1. The number of aryl methyl sites for hydroxylation is 1. The van der Waals surface area contributed by atoms with Gasteiger partial charge in [0.1, 0.15) is 5.75 Å². The predicted octanol–water partition coefficient (Wildman–Crippen LogP) is 3.88. The lowest BCUT2D eigenvalue weighted by atomic mass is 9.99. The molecular weight excluding hydrogens is 272 g/mol. The average Bonchev–Trinajstić information content (AvgIpc) is 2.36. The molecule has 3 nitrogen and oxygen atoms in total. The predicted molar refractivity (Wildman–Crippen MR) is 82.2 cm³/mol. The third kappa shape index (κ3) is 3.71. The fourth-order valence-electron chi connectivity index (χ4n) is 2.08. The maximum absolute atomic E-state index is 6.30. The van der Waals surface area contributed by atoms with Crippen LogP contribution in [0.3, 0.4) is 0 Å². The molecule has 0 saturated heterocycles. The van der Waals surface area contributed by atoms with Crippen molar-refractivity contribution in [3.63, 3.8) is 0 Å². The Kier molecular flexibility index (Phi) is 4.63. The number of benzene rings is 1. The average molecular weight is 291 g/mol. The fourth-order valence-corrected chi connectivity index (χ4v) is 2.38. The minimum absolute atomic E-state index is 0.108. The van der Waals surface area contributed by atoms with E-state index in [-0.39, 0.29) is 12.1 Å². The molecule has 0 aliphatic carbocycles. The van der Waals surface area contributed by atoms with Crippen molar-refractivity contribution in [1.29, 1.82) is 0 Å². The highest BCUT2D eigenvalue weighted by Crippen LogP contribution is 2.25. The Hall–Kier alpha value is -1.58. The zero-order valence-corrected chi connectivity index (χ0v) is 12.7. The molecule has 4 heteroatoms. The number of pyridine rings is 1. The minimum Gasteiger partial charge on any atom is -0.489 e. The van der Waals surface area contributed by atoms with Crippen LogP contribution in [0.25, 0.3) is 0 Å². The summed E-state index contributed by atoms with van der Waals surface area (Å²) < 4.78 is 5.64. The van der Waals surface area contributed by atoms with Crippen LogP contribution in [0.2, 0.25) is 5.02 Å². The molecule has 20 heavy (non-hydrogen) atoms. The first-order valence-corrected chi connectivity index (χ1v) is 6.98. The standard InChI is InChI=1S/C16H19ClN2O/c1-10(2)20-15-7-13(8-19-9-15)16(18)12-4-11(3)5-14(17)6-12/h4-10,16H,18H2,1-3H3. The van der Waals surface area contributed by atoms with E-state index in [0.717, 1.165) is 22.4 Å². The molecular formula is C16H19ClN2O. The lowest BCUT2D eigenvalue weighted by molar-refractivity contribution is 0.241. The lowest BCUT2D eigenvalue weighted by Crippen LogP contribution is -2.13. The summed E-state index contributed by atoms with van der Waals surface area (Å²) in [6, 6.07) is 7.49. The first kappa shape index (κ1) is 14.8. The fraction of sp³-hybridized carbons (Fsp3) is 0.312. The van der Waals surface area contributed by atoms with Crippen LogP contribution in [-0.4, -0.2) is 11.1 Å². The molecule has 1 aromatic heterocycles. The normalized spacial score (nSPS) is 12.5. The molecule has 0 fully saturated rings. The number of rotatable bonds is 4. The summed E-state index contributed by atoms with van der Waals surface area (Å²) in [5.74, 6) is 0.728. The number of hydrogen-bond acceptors (Lipinski definition) is 3. The SMILES string of the molecule is Cc1cc(Cl)cc(C(N)c2cncc(OC(C)C)c2)c1. The highest BCUT2D eigenvalue weighted by molar-refractivity contribution is 6.30. The summed E-state index contributed by atoms with van der Waals surface area (Å²) in [6.45, 7) is 5.96. The Bertz CT molecular complexity index is 579. The highest BCUT2D eigenvalue weighted by atomic mass is 35.5. The molecule has 1 atom stereocenters. The molecule has 2 rings (SSSR count). The molecule has 106 valence electrons. The Labute approximate surface area is 124 Å². The van der Waals surface area contributed by atoms with Gasteiger partial charge in [0.25, 0.3) is 0 Å². The molecule has 0 aliphatic heterocycles. The van der Waals surface area contributed by atoms with Crippen molar-refractivity contribution in [2.45, 2.75) is 32.9 Å². The zero-order valence-electron chi connectivity index (χ0n) is 11.9. The number of aromatic nitrogens is 1. The largest absolute Gasteiger partial charge is 0.489 e. The topological polar surface area (TPSA) is 48.1 Å². The maximum Gasteiger partial charge on any atom is 0.138 e. The van der Waals surface area contributed by atoms with E-state index in [1.807, 2.05) is 45.0 Å². The number of nitrogens with two attached hydrogens (primary N) is 1. The van der Waals surface area contributed by atoms with Gasteiger partial charge in [-0.3, -0.25) is 4.98 Å². The summed E-state index contributed by atoms with van der Waals surface area (Å²) in [4.78, 5) is 4.19. The van der Waals surface area contributed by atoms with E-state index in [4.69, 9.17) is 22.1 Å². The lowest BCUT2D eigenvalue weighted by Gasteiger charge is -2.15. The zero-order chi connectivity index (χ0) is 14.7. The Balaban J connectivity index is 2.30. The van der Waals surface area contributed by atoms with Crippen molar-refractivity contribution in [1.82, 2.24) is 4.98 Å². The summed E-state index contributed by atoms with van der Waals surface area (Å²) >= 11 is 6.09. The number of halogens is 1.